The number of anilines is 1. The first-order valence-electron chi connectivity index (χ1n) is 4.78. The molecule has 2 rings (SSSR count). The number of nitrogens with one attached hydrogen (secondary N) is 2. The number of hydrogen-bond acceptors (Lipinski definition) is 3. The lowest BCUT2D eigenvalue weighted by Crippen LogP contribution is -2.16. The van der Waals surface area contributed by atoms with E-state index in [1.165, 1.54) is 30.3 Å². The molecule has 0 fully saturated rings. The fourth-order valence-corrected chi connectivity index (χ4v) is 1.24. The number of halogens is 1. The number of carbonyl (C=O) groups excluding carboxylic acids is 1. The number of H-pyrrole nitrogens is 1. The second-order valence-corrected chi connectivity index (χ2v) is 3.24. The van der Waals surface area contributed by atoms with Crippen molar-refractivity contribution in [2.75, 3.05) is 5.32 Å². The van der Waals surface area contributed by atoms with Gasteiger partial charge < -0.3 is 5.32 Å². The second kappa shape index (κ2) is 4.56. The predicted octanol–water partition coefficient (Wildman–Crippen LogP) is 1.16. The Morgan fingerprint density at radius 1 is 1.24 bits per heavy atom. The maximum absolute atomic E-state index is 13.3. The lowest BCUT2D eigenvalue weighted by Gasteiger charge is -2.03. The number of nitrogens with zero attached hydrogens (tertiary/aromatic N) is 1. The molecule has 2 N–H and O–H groups in total. The maximum atomic E-state index is 13.3. The lowest BCUT2D eigenvalue weighted by molar-refractivity contribution is 0.102. The molecule has 5 nitrogen and oxygen atoms in total. The van der Waals surface area contributed by atoms with Crippen LogP contribution in [0.25, 0.3) is 0 Å². The van der Waals surface area contributed by atoms with Crippen molar-refractivity contribution >= 4 is 11.7 Å². The summed E-state index contributed by atoms with van der Waals surface area (Å²) < 4.78 is 13.3. The molecule has 17 heavy (non-hydrogen) atoms. The van der Waals surface area contributed by atoms with Gasteiger partial charge in [-0.25, -0.2) is 9.49 Å². The summed E-state index contributed by atoms with van der Waals surface area (Å²) in [5.74, 6) is -1.09. The zero-order valence-electron chi connectivity index (χ0n) is 8.61. The Morgan fingerprint density at radius 2 is 2.00 bits per heavy atom. The minimum absolute atomic E-state index is 0.0829. The highest BCUT2D eigenvalue weighted by molar-refractivity contribution is 6.03. The van der Waals surface area contributed by atoms with Gasteiger partial charge in [0, 0.05) is 6.07 Å². The van der Waals surface area contributed by atoms with E-state index in [4.69, 9.17) is 0 Å². The van der Waals surface area contributed by atoms with Crippen LogP contribution >= 0.6 is 0 Å². The van der Waals surface area contributed by atoms with E-state index in [1.54, 1.807) is 6.07 Å². The van der Waals surface area contributed by atoms with E-state index in [0.29, 0.717) is 0 Å². The lowest BCUT2D eigenvalue weighted by atomic mass is 10.2. The first kappa shape index (κ1) is 11.0. The zero-order chi connectivity index (χ0) is 12.3. The Balaban J connectivity index is 2.20. The summed E-state index contributed by atoms with van der Waals surface area (Å²) in [7, 11) is 0. The van der Waals surface area contributed by atoms with Crippen molar-refractivity contribution in [3.63, 3.8) is 0 Å². The summed E-state index contributed by atoms with van der Waals surface area (Å²) in [5, 5.41) is 8.10. The molecule has 0 saturated carbocycles. The number of carbonyl (C=O) groups is 1. The minimum atomic E-state index is -0.623. The van der Waals surface area contributed by atoms with E-state index in [1.807, 2.05) is 0 Å². The minimum Gasteiger partial charge on any atom is -0.305 e. The van der Waals surface area contributed by atoms with Crippen molar-refractivity contribution in [2.24, 2.45) is 0 Å². The quantitative estimate of drug-likeness (QED) is 0.817. The van der Waals surface area contributed by atoms with Crippen molar-refractivity contribution in [3.8, 4) is 0 Å². The smallest absolute Gasteiger partial charge is 0.264 e. The standard InChI is InChI=1S/C11H8FN3O2/c12-8-4-2-1-3-7(8)11(17)13-9-5-6-10(16)15-14-9/h1-6H,(H,15,16)(H,13,14,17). The molecule has 1 heterocycles. The van der Waals surface area contributed by atoms with Crippen LogP contribution in [0.5, 0.6) is 0 Å². The van der Waals surface area contributed by atoms with E-state index >= 15 is 0 Å². The molecule has 1 aromatic heterocycles. The molecule has 0 aliphatic carbocycles. The van der Waals surface area contributed by atoms with Crippen LogP contribution < -0.4 is 10.9 Å². The molecule has 6 heteroatoms. The fraction of sp³-hybridized carbons (Fsp3) is 0. The average molecular weight is 233 g/mol. The molecule has 0 radical (unpaired) electrons. The number of rotatable bonds is 2. The largest absolute Gasteiger partial charge is 0.305 e. The van der Waals surface area contributed by atoms with Gasteiger partial charge in [0.1, 0.15) is 5.82 Å². The van der Waals surface area contributed by atoms with E-state index in [2.05, 4.69) is 15.5 Å². The zero-order valence-corrected chi connectivity index (χ0v) is 8.61. The molecule has 0 spiro atoms. The van der Waals surface area contributed by atoms with Gasteiger partial charge in [-0.05, 0) is 18.2 Å². The maximum Gasteiger partial charge on any atom is 0.264 e. The Kier molecular flexibility index (Phi) is 2.95. The van der Waals surface area contributed by atoms with Gasteiger partial charge in [-0.2, -0.15) is 5.10 Å². The Bertz CT molecular complexity index is 589. The van der Waals surface area contributed by atoms with Crippen LogP contribution in [-0.2, 0) is 0 Å². The first-order chi connectivity index (χ1) is 8.16. The molecule has 0 atom stereocenters. The van der Waals surface area contributed by atoms with Crippen molar-refractivity contribution in [2.45, 2.75) is 0 Å². The van der Waals surface area contributed by atoms with Gasteiger partial charge in [0.25, 0.3) is 11.5 Å². The number of hydrogen-bond donors (Lipinski definition) is 2. The van der Waals surface area contributed by atoms with Gasteiger partial charge in [0.15, 0.2) is 5.82 Å². The van der Waals surface area contributed by atoms with Gasteiger partial charge in [-0.15, -0.1) is 0 Å². The van der Waals surface area contributed by atoms with Gasteiger partial charge in [-0.3, -0.25) is 9.59 Å². The topological polar surface area (TPSA) is 74.8 Å². The molecular weight excluding hydrogens is 225 g/mol. The van der Waals surface area contributed by atoms with Gasteiger partial charge in [0.05, 0.1) is 5.56 Å². The van der Waals surface area contributed by atoms with E-state index < -0.39 is 11.7 Å². The fourth-order valence-electron chi connectivity index (χ4n) is 1.24. The number of benzene rings is 1. The van der Waals surface area contributed by atoms with Crippen LogP contribution in [-0.4, -0.2) is 16.1 Å². The second-order valence-electron chi connectivity index (χ2n) is 3.24. The predicted molar refractivity (Wildman–Crippen MR) is 59.2 cm³/mol. The highest BCUT2D eigenvalue weighted by Crippen LogP contribution is 2.08. The molecule has 0 bridgehead atoms. The summed E-state index contributed by atoms with van der Waals surface area (Å²) in [6.07, 6.45) is 0. The summed E-state index contributed by atoms with van der Waals surface area (Å²) in [4.78, 5) is 22.4. The molecule has 0 aliphatic rings. The van der Waals surface area contributed by atoms with Crippen LogP contribution in [0.1, 0.15) is 10.4 Å². The highest BCUT2D eigenvalue weighted by Gasteiger charge is 2.11. The molecule has 2 aromatic rings. The first-order valence-corrected chi connectivity index (χ1v) is 4.78. The molecule has 1 amide bonds. The third-order valence-corrected chi connectivity index (χ3v) is 2.04. The van der Waals surface area contributed by atoms with Crippen molar-refractivity contribution in [1.82, 2.24) is 10.2 Å². The number of aromatic amines is 1. The van der Waals surface area contributed by atoms with E-state index in [0.717, 1.165) is 0 Å². The van der Waals surface area contributed by atoms with Crippen molar-refractivity contribution in [1.29, 1.82) is 0 Å². The summed E-state index contributed by atoms with van der Waals surface area (Å²) >= 11 is 0. The van der Waals surface area contributed by atoms with Crippen LogP contribution in [0.3, 0.4) is 0 Å². The Labute approximate surface area is 95.3 Å². The van der Waals surface area contributed by atoms with Crippen LogP contribution in [0.4, 0.5) is 10.2 Å². The molecular formula is C11H8FN3O2. The molecule has 0 aliphatic heterocycles. The Morgan fingerprint density at radius 3 is 2.65 bits per heavy atom. The monoisotopic (exact) mass is 233 g/mol. The SMILES string of the molecule is O=C(Nc1ccc(=O)[nH]n1)c1ccccc1F. The highest BCUT2D eigenvalue weighted by atomic mass is 19.1. The summed E-state index contributed by atoms with van der Waals surface area (Å²) in [6.45, 7) is 0. The molecule has 0 saturated heterocycles. The molecule has 0 unspecified atom stereocenters. The summed E-state index contributed by atoms with van der Waals surface area (Å²) in [6, 6.07) is 8.13. The van der Waals surface area contributed by atoms with Gasteiger partial charge >= 0.3 is 0 Å². The number of aromatic nitrogens is 2. The van der Waals surface area contributed by atoms with Crippen molar-refractivity contribution in [3.05, 3.63) is 58.1 Å². The normalized spacial score (nSPS) is 9.94. The van der Waals surface area contributed by atoms with E-state index in [9.17, 15) is 14.0 Å². The average Bonchev–Trinajstić information content (AvgIpc) is 2.32. The van der Waals surface area contributed by atoms with E-state index in [-0.39, 0.29) is 16.9 Å². The van der Waals surface area contributed by atoms with Crippen LogP contribution in [0, 0.1) is 5.82 Å². The molecule has 86 valence electrons. The number of amides is 1. The summed E-state index contributed by atoms with van der Waals surface area (Å²) in [5.41, 5.74) is -0.464. The van der Waals surface area contributed by atoms with Gasteiger partial charge in [0.2, 0.25) is 0 Å². The van der Waals surface area contributed by atoms with Crippen molar-refractivity contribution < 1.29 is 9.18 Å². The van der Waals surface area contributed by atoms with Crippen LogP contribution in [0.2, 0.25) is 0 Å². The third kappa shape index (κ3) is 2.54. The molecule has 1 aromatic carbocycles. The third-order valence-electron chi connectivity index (χ3n) is 2.04. The van der Waals surface area contributed by atoms with Crippen LogP contribution in [0.15, 0.2) is 41.2 Å². The Hall–Kier alpha value is -2.50. The van der Waals surface area contributed by atoms with Gasteiger partial charge in [-0.1, -0.05) is 12.1 Å².